The number of hydrogen-bond acceptors (Lipinski definition) is 2. The number of allylic oxidation sites excluding steroid dienone is 2. The summed E-state index contributed by atoms with van der Waals surface area (Å²) in [7, 11) is 0. The summed E-state index contributed by atoms with van der Waals surface area (Å²) in [5.41, 5.74) is 0.103. The molecule has 2 N–H and O–H groups in total. The Kier molecular flexibility index (Phi) is 4.14. The van der Waals surface area contributed by atoms with Crippen LogP contribution in [-0.2, 0) is 0 Å². The molecule has 0 aliphatic heterocycles. The molecule has 0 saturated carbocycles. The van der Waals surface area contributed by atoms with Gasteiger partial charge in [0.2, 0.25) is 0 Å². The van der Waals surface area contributed by atoms with Crippen molar-refractivity contribution in [2.75, 3.05) is 6.54 Å². The van der Waals surface area contributed by atoms with Gasteiger partial charge in [-0.3, -0.25) is 0 Å². The van der Waals surface area contributed by atoms with Gasteiger partial charge in [-0.1, -0.05) is 12.2 Å². The van der Waals surface area contributed by atoms with Crippen molar-refractivity contribution in [3.05, 3.63) is 12.2 Å². The summed E-state index contributed by atoms with van der Waals surface area (Å²) < 4.78 is 0. The molecule has 0 bridgehead atoms. The van der Waals surface area contributed by atoms with E-state index in [-0.39, 0.29) is 11.6 Å². The van der Waals surface area contributed by atoms with E-state index in [0.29, 0.717) is 12.5 Å². The van der Waals surface area contributed by atoms with Crippen molar-refractivity contribution < 1.29 is 5.11 Å². The summed E-state index contributed by atoms with van der Waals surface area (Å²) in [6.07, 6.45) is 7.49. The molecule has 0 aromatic heterocycles. The predicted octanol–water partition coefficient (Wildman–Crippen LogP) is 2.09. The zero-order valence-corrected chi connectivity index (χ0v) is 9.59. The van der Waals surface area contributed by atoms with Crippen LogP contribution in [0.3, 0.4) is 0 Å². The van der Waals surface area contributed by atoms with E-state index in [0.717, 1.165) is 19.3 Å². The molecule has 0 aromatic carbocycles. The lowest BCUT2D eigenvalue weighted by Gasteiger charge is -2.28. The Morgan fingerprint density at radius 2 is 2.14 bits per heavy atom. The van der Waals surface area contributed by atoms with Crippen LogP contribution in [0.5, 0.6) is 0 Å². The number of aliphatic hydroxyl groups excluding tert-OH is 1. The van der Waals surface area contributed by atoms with Gasteiger partial charge in [-0.15, -0.1) is 0 Å². The highest BCUT2D eigenvalue weighted by Crippen LogP contribution is 2.21. The largest absolute Gasteiger partial charge is 0.392 e. The molecule has 2 heteroatoms. The first kappa shape index (κ1) is 11.7. The summed E-state index contributed by atoms with van der Waals surface area (Å²) >= 11 is 0. The molecule has 0 heterocycles. The van der Waals surface area contributed by atoms with Crippen molar-refractivity contribution in [1.29, 1.82) is 0 Å². The van der Waals surface area contributed by atoms with E-state index >= 15 is 0 Å². The third-order valence-electron chi connectivity index (χ3n) is 2.70. The van der Waals surface area contributed by atoms with Gasteiger partial charge in [-0.2, -0.15) is 0 Å². The van der Waals surface area contributed by atoms with Crippen molar-refractivity contribution in [3.63, 3.8) is 0 Å². The van der Waals surface area contributed by atoms with Crippen molar-refractivity contribution in [1.82, 2.24) is 5.32 Å². The number of β-amino-alcohol motifs (C(OH)–C–C–N with tert-alkyl or cyclic N) is 1. The maximum atomic E-state index is 9.94. The minimum Gasteiger partial charge on any atom is -0.392 e. The highest BCUT2D eigenvalue weighted by atomic mass is 16.3. The van der Waals surface area contributed by atoms with Gasteiger partial charge >= 0.3 is 0 Å². The lowest BCUT2D eigenvalue weighted by molar-refractivity contribution is 0.0938. The van der Waals surface area contributed by atoms with Crippen LogP contribution in [0.1, 0.15) is 40.0 Å². The van der Waals surface area contributed by atoms with E-state index in [1.165, 1.54) is 0 Å². The van der Waals surface area contributed by atoms with Gasteiger partial charge in [0.05, 0.1) is 6.10 Å². The fraction of sp³-hybridized carbons (Fsp3) is 0.833. The fourth-order valence-corrected chi connectivity index (χ4v) is 1.74. The van der Waals surface area contributed by atoms with E-state index < -0.39 is 0 Å². The van der Waals surface area contributed by atoms with E-state index in [1.807, 2.05) is 0 Å². The van der Waals surface area contributed by atoms with Crippen LogP contribution in [0.15, 0.2) is 12.2 Å². The van der Waals surface area contributed by atoms with Crippen molar-refractivity contribution in [2.45, 2.75) is 51.7 Å². The van der Waals surface area contributed by atoms with Crippen LogP contribution < -0.4 is 5.32 Å². The normalized spacial score (nSPS) is 25.0. The number of aliphatic hydroxyl groups is 1. The topological polar surface area (TPSA) is 32.3 Å². The van der Waals surface area contributed by atoms with Crippen LogP contribution in [0.25, 0.3) is 0 Å². The first-order valence-corrected chi connectivity index (χ1v) is 5.57. The third-order valence-corrected chi connectivity index (χ3v) is 2.70. The lowest BCUT2D eigenvalue weighted by atomic mass is 9.89. The maximum Gasteiger partial charge on any atom is 0.0695 e. The molecule has 1 aliphatic carbocycles. The molecule has 2 atom stereocenters. The molecular formula is C12H23NO. The number of rotatable bonds is 3. The summed E-state index contributed by atoms with van der Waals surface area (Å²) in [5.74, 6) is 0.454. The van der Waals surface area contributed by atoms with E-state index in [2.05, 4.69) is 38.2 Å². The van der Waals surface area contributed by atoms with Gasteiger partial charge in [-0.25, -0.2) is 0 Å². The zero-order chi connectivity index (χ0) is 10.6. The molecule has 0 saturated heterocycles. The Balaban J connectivity index is 2.27. The van der Waals surface area contributed by atoms with Crippen LogP contribution in [0.4, 0.5) is 0 Å². The molecule has 0 spiro atoms. The third kappa shape index (κ3) is 4.25. The first-order valence-electron chi connectivity index (χ1n) is 5.57. The first-order chi connectivity index (χ1) is 6.49. The minimum atomic E-state index is -0.195. The SMILES string of the molecule is CC(C)(C)NCC(O)C1CC=CCC1. The highest BCUT2D eigenvalue weighted by molar-refractivity contribution is 4.92. The zero-order valence-electron chi connectivity index (χ0n) is 9.59. The number of nitrogens with one attached hydrogen (secondary N) is 1. The van der Waals surface area contributed by atoms with Crippen LogP contribution in [-0.4, -0.2) is 23.3 Å². The van der Waals surface area contributed by atoms with Gasteiger partial charge in [0.15, 0.2) is 0 Å². The second-order valence-electron chi connectivity index (χ2n) is 5.24. The molecule has 0 radical (unpaired) electrons. The van der Waals surface area contributed by atoms with Crippen molar-refractivity contribution in [3.8, 4) is 0 Å². The average Bonchev–Trinajstić information content (AvgIpc) is 2.14. The minimum absolute atomic E-state index is 0.103. The summed E-state index contributed by atoms with van der Waals surface area (Å²) in [6, 6.07) is 0. The van der Waals surface area contributed by atoms with Gasteiger partial charge < -0.3 is 10.4 Å². The van der Waals surface area contributed by atoms with Gasteiger partial charge in [0, 0.05) is 12.1 Å². The smallest absolute Gasteiger partial charge is 0.0695 e. The Morgan fingerprint density at radius 1 is 1.43 bits per heavy atom. The lowest BCUT2D eigenvalue weighted by Crippen LogP contribution is -2.43. The maximum absolute atomic E-state index is 9.94. The van der Waals surface area contributed by atoms with E-state index in [1.54, 1.807) is 0 Å². The highest BCUT2D eigenvalue weighted by Gasteiger charge is 2.20. The molecule has 2 nitrogen and oxygen atoms in total. The van der Waals surface area contributed by atoms with Gasteiger partial charge in [0.25, 0.3) is 0 Å². The molecule has 2 unspecified atom stereocenters. The van der Waals surface area contributed by atoms with Gasteiger partial charge in [-0.05, 0) is 46.0 Å². The Morgan fingerprint density at radius 3 is 2.64 bits per heavy atom. The molecular weight excluding hydrogens is 174 g/mol. The Bertz CT molecular complexity index is 193. The molecule has 1 rings (SSSR count). The molecule has 1 aliphatic rings. The molecule has 0 amide bonds. The summed E-state index contributed by atoms with van der Waals surface area (Å²) in [5, 5.41) is 13.3. The number of hydrogen-bond donors (Lipinski definition) is 2. The van der Waals surface area contributed by atoms with Crippen molar-refractivity contribution >= 4 is 0 Å². The predicted molar refractivity (Wildman–Crippen MR) is 60.2 cm³/mol. The van der Waals surface area contributed by atoms with E-state index in [4.69, 9.17) is 0 Å². The standard InChI is InChI=1S/C12H23NO/c1-12(2,3)13-9-11(14)10-7-5-4-6-8-10/h4-5,10-11,13-14H,6-9H2,1-3H3. The Hall–Kier alpha value is -0.340. The van der Waals surface area contributed by atoms with Crippen LogP contribution in [0, 0.1) is 5.92 Å². The Labute approximate surface area is 87.4 Å². The quantitative estimate of drug-likeness (QED) is 0.679. The van der Waals surface area contributed by atoms with Crippen LogP contribution in [0.2, 0.25) is 0 Å². The second-order valence-corrected chi connectivity index (χ2v) is 5.24. The average molecular weight is 197 g/mol. The fourth-order valence-electron chi connectivity index (χ4n) is 1.74. The van der Waals surface area contributed by atoms with Gasteiger partial charge in [0.1, 0.15) is 0 Å². The summed E-state index contributed by atoms with van der Waals surface area (Å²) in [6.45, 7) is 7.09. The van der Waals surface area contributed by atoms with Crippen molar-refractivity contribution in [2.24, 2.45) is 5.92 Å². The summed E-state index contributed by atoms with van der Waals surface area (Å²) in [4.78, 5) is 0. The molecule has 82 valence electrons. The molecule has 14 heavy (non-hydrogen) atoms. The van der Waals surface area contributed by atoms with E-state index in [9.17, 15) is 5.11 Å². The van der Waals surface area contributed by atoms with Crippen LogP contribution >= 0.6 is 0 Å². The molecule has 0 fully saturated rings. The second kappa shape index (κ2) is 4.94. The monoisotopic (exact) mass is 197 g/mol. The molecule has 0 aromatic rings.